The van der Waals surface area contributed by atoms with Crippen LogP contribution in [0.1, 0.15) is 30.0 Å². The highest BCUT2D eigenvalue weighted by atomic mass is 16.6. The molecule has 2 heterocycles. The summed E-state index contributed by atoms with van der Waals surface area (Å²) in [5, 5.41) is 0. The van der Waals surface area contributed by atoms with Gasteiger partial charge >= 0.3 is 6.09 Å². The van der Waals surface area contributed by atoms with Crippen molar-refractivity contribution in [3.8, 4) is 5.75 Å². The molecule has 2 aromatic carbocycles. The summed E-state index contributed by atoms with van der Waals surface area (Å²) >= 11 is 0. The van der Waals surface area contributed by atoms with Gasteiger partial charge in [-0.3, -0.25) is 4.90 Å². The van der Waals surface area contributed by atoms with E-state index in [-0.39, 0.29) is 18.2 Å². The van der Waals surface area contributed by atoms with Crippen LogP contribution in [0, 0.1) is 5.92 Å². The molecule has 1 aliphatic carbocycles. The lowest BCUT2D eigenvalue weighted by Crippen LogP contribution is -2.50. The SMILES string of the molecule is COc1ccc([C@H]2[C@H]3C=C[C@@H](CC3)N2C(=O)OCc2ccccc2)cc1. The van der Waals surface area contributed by atoms with Crippen LogP contribution in [0.25, 0.3) is 0 Å². The third-order valence-corrected chi connectivity index (χ3v) is 5.31. The van der Waals surface area contributed by atoms with Gasteiger partial charge in [0.1, 0.15) is 12.4 Å². The molecule has 3 atom stereocenters. The monoisotopic (exact) mass is 349 g/mol. The molecular formula is C22H23NO3. The number of hydrogen-bond donors (Lipinski definition) is 0. The summed E-state index contributed by atoms with van der Waals surface area (Å²) < 4.78 is 10.9. The highest BCUT2D eigenvalue weighted by Gasteiger charge is 2.42. The van der Waals surface area contributed by atoms with Crippen LogP contribution in [0.3, 0.4) is 0 Å². The van der Waals surface area contributed by atoms with Crippen molar-refractivity contribution in [1.29, 1.82) is 0 Å². The third-order valence-electron chi connectivity index (χ3n) is 5.31. The predicted molar refractivity (Wildman–Crippen MR) is 99.9 cm³/mol. The van der Waals surface area contributed by atoms with Gasteiger partial charge < -0.3 is 9.47 Å². The van der Waals surface area contributed by atoms with Crippen LogP contribution in [0.5, 0.6) is 5.75 Å². The second kappa shape index (κ2) is 7.24. The summed E-state index contributed by atoms with van der Waals surface area (Å²) in [6.45, 7) is 0.298. The molecule has 0 unspecified atom stereocenters. The van der Waals surface area contributed by atoms with Crippen molar-refractivity contribution in [2.75, 3.05) is 7.11 Å². The molecule has 4 nitrogen and oxygen atoms in total. The zero-order valence-corrected chi connectivity index (χ0v) is 14.9. The Morgan fingerprint density at radius 2 is 1.81 bits per heavy atom. The fourth-order valence-corrected chi connectivity index (χ4v) is 3.99. The predicted octanol–water partition coefficient (Wildman–Crippen LogP) is 4.72. The molecule has 1 saturated heterocycles. The molecule has 0 radical (unpaired) electrons. The summed E-state index contributed by atoms with van der Waals surface area (Å²) in [7, 11) is 1.66. The van der Waals surface area contributed by atoms with Crippen LogP contribution in [0.15, 0.2) is 66.7 Å². The van der Waals surface area contributed by atoms with Crippen molar-refractivity contribution in [1.82, 2.24) is 4.90 Å². The van der Waals surface area contributed by atoms with Gasteiger partial charge in [-0.15, -0.1) is 0 Å². The van der Waals surface area contributed by atoms with Gasteiger partial charge in [0.05, 0.1) is 19.2 Å². The number of benzene rings is 2. The van der Waals surface area contributed by atoms with E-state index >= 15 is 0 Å². The van der Waals surface area contributed by atoms with E-state index in [4.69, 9.17) is 9.47 Å². The molecule has 3 aliphatic rings. The number of fused-ring (bicyclic) bond motifs is 2. The molecular weight excluding hydrogens is 326 g/mol. The highest BCUT2D eigenvalue weighted by Crippen LogP contribution is 2.44. The van der Waals surface area contributed by atoms with E-state index in [1.807, 2.05) is 47.4 Å². The van der Waals surface area contributed by atoms with Crippen LogP contribution in [0.2, 0.25) is 0 Å². The van der Waals surface area contributed by atoms with E-state index in [1.54, 1.807) is 7.11 Å². The number of carbonyl (C=O) groups excluding carboxylic acids is 1. The van der Waals surface area contributed by atoms with Gasteiger partial charge in [-0.1, -0.05) is 54.6 Å². The minimum atomic E-state index is -0.242. The van der Waals surface area contributed by atoms with Gasteiger partial charge in [-0.25, -0.2) is 4.79 Å². The minimum Gasteiger partial charge on any atom is -0.497 e. The Kier molecular flexibility index (Phi) is 4.65. The molecule has 2 aromatic rings. The molecule has 1 fully saturated rings. The van der Waals surface area contributed by atoms with Crippen LogP contribution >= 0.6 is 0 Å². The quantitative estimate of drug-likeness (QED) is 0.750. The maximum atomic E-state index is 12.9. The van der Waals surface area contributed by atoms with Crippen LogP contribution in [-0.2, 0) is 11.3 Å². The van der Waals surface area contributed by atoms with Crippen molar-refractivity contribution in [2.24, 2.45) is 5.92 Å². The number of rotatable bonds is 4. The summed E-state index contributed by atoms with van der Waals surface area (Å²) in [4.78, 5) is 14.8. The fourth-order valence-electron chi connectivity index (χ4n) is 3.99. The largest absolute Gasteiger partial charge is 0.497 e. The van der Waals surface area contributed by atoms with Crippen molar-refractivity contribution in [3.05, 3.63) is 77.9 Å². The highest BCUT2D eigenvalue weighted by molar-refractivity contribution is 5.70. The number of ether oxygens (including phenoxy) is 2. The van der Waals surface area contributed by atoms with E-state index in [0.717, 1.165) is 29.7 Å². The van der Waals surface area contributed by atoms with Gasteiger partial charge in [0, 0.05) is 5.92 Å². The summed E-state index contributed by atoms with van der Waals surface area (Å²) in [6, 6.07) is 17.9. The second-order valence-electron chi connectivity index (χ2n) is 6.86. The number of carbonyl (C=O) groups is 1. The van der Waals surface area contributed by atoms with E-state index in [0.29, 0.717) is 12.5 Å². The molecule has 4 heteroatoms. The number of amides is 1. The first-order valence-corrected chi connectivity index (χ1v) is 9.07. The molecule has 2 bridgehead atoms. The standard InChI is InChI=1S/C22H23NO3/c1-25-20-13-9-18(10-14-20)21-17-7-11-19(12-8-17)23(21)22(24)26-15-16-5-3-2-4-6-16/h2-7,9-11,13-14,17,19,21H,8,12,15H2,1H3/t17-,19-,21+/m0/s1. The average molecular weight is 349 g/mol. The number of methoxy groups -OCH3 is 1. The molecule has 1 amide bonds. The van der Waals surface area contributed by atoms with Crippen LogP contribution in [-0.4, -0.2) is 24.1 Å². The molecule has 0 saturated carbocycles. The van der Waals surface area contributed by atoms with Crippen LogP contribution < -0.4 is 4.74 Å². The summed E-state index contributed by atoms with van der Waals surface area (Å²) in [5.74, 6) is 1.15. The summed E-state index contributed by atoms with van der Waals surface area (Å²) in [6.07, 6.45) is 6.25. The topological polar surface area (TPSA) is 38.8 Å². The smallest absolute Gasteiger partial charge is 0.411 e. The Morgan fingerprint density at radius 3 is 2.46 bits per heavy atom. The van der Waals surface area contributed by atoms with Crippen molar-refractivity contribution in [3.63, 3.8) is 0 Å². The first kappa shape index (κ1) is 16.7. The molecule has 134 valence electrons. The van der Waals surface area contributed by atoms with Crippen molar-refractivity contribution >= 4 is 6.09 Å². The lowest BCUT2D eigenvalue weighted by atomic mass is 9.77. The lowest BCUT2D eigenvalue weighted by molar-refractivity contribution is 0.0325. The number of piperidine rings is 1. The van der Waals surface area contributed by atoms with E-state index < -0.39 is 0 Å². The first-order valence-electron chi connectivity index (χ1n) is 9.07. The number of hydrogen-bond acceptors (Lipinski definition) is 3. The molecule has 0 aromatic heterocycles. The molecule has 5 rings (SSSR count). The normalized spacial score (nSPS) is 23.7. The zero-order chi connectivity index (χ0) is 17.9. The van der Waals surface area contributed by atoms with Crippen molar-refractivity contribution < 1.29 is 14.3 Å². The van der Waals surface area contributed by atoms with Gasteiger partial charge in [0.25, 0.3) is 0 Å². The first-order chi connectivity index (χ1) is 12.8. The van der Waals surface area contributed by atoms with E-state index in [1.165, 1.54) is 0 Å². The van der Waals surface area contributed by atoms with Gasteiger partial charge in [0.15, 0.2) is 0 Å². The molecule has 0 spiro atoms. The van der Waals surface area contributed by atoms with Crippen LogP contribution in [0.4, 0.5) is 4.79 Å². The molecule has 26 heavy (non-hydrogen) atoms. The molecule has 2 aliphatic heterocycles. The maximum Gasteiger partial charge on any atom is 0.411 e. The Hall–Kier alpha value is -2.75. The van der Waals surface area contributed by atoms with Gasteiger partial charge in [-0.05, 0) is 36.1 Å². The van der Waals surface area contributed by atoms with Crippen molar-refractivity contribution in [2.45, 2.75) is 31.5 Å². The molecule has 0 N–H and O–H groups in total. The maximum absolute atomic E-state index is 12.9. The fraction of sp³-hybridized carbons (Fsp3) is 0.318. The zero-order valence-electron chi connectivity index (χ0n) is 14.9. The third kappa shape index (κ3) is 3.19. The lowest BCUT2D eigenvalue weighted by Gasteiger charge is -2.47. The van der Waals surface area contributed by atoms with Gasteiger partial charge in [-0.2, -0.15) is 0 Å². The van der Waals surface area contributed by atoms with E-state index in [2.05, 4.69) is 24.3 Å². The Balaban J connectivity index is 1.55. The average Bonchev–Trinajstić information content (AvgIpc) is 2.73. The Bertz CT molecular complexity index is 785. The van der Waals surface area contributed by atoms with Gasteiger partial charge in [0.2, 0.25) is 0 Å². The Morgan fingerprint density at radius 1 is 1.04 bits per heavy atom. The van der Waals surface area contributed by atoms with E-state index in [9.17, 15) is 4.79 Å². The second-order valence-corrected chi connectivity index (χ2v) is 6.86. The Labute approximate surface area is 154 Å². The summed E-state index contributed by atoms with van der Waals surface area (Å²) in [5.41, 5.74) is 2.13. The minimum absolute atomic E-state index is 0.0212. The number of nitrogens with zero attached hydrogens (tertiary/aromatic N) is 1.